The summed E-state index contributed by atoms with van der Waals surface area (Å²) < 4.78 is 66.9. The molecule has 6 nitrogen and oxygen atoms in total. The SMILES string of the molecule is CCCN(C)c1ccc(C(=O)N2CCN(S(=O)(=O)c3ccc(F)c(F)c3F)CC2)cc1. The highest BCUT2D eigenvalue weighted by atomic mass is 32.2. The van der Waals surface area contributed by atoms with Gasteiger partial charge in [0.25, 0.3) is 5.91 Å². The molecule has 0 N–H and O–H groups in total. The molecular formula is C21H24F3N3O3S. The third-order valence-electron chi connectivity index (χ3n) is 5.26. The zero-order chi connectivity index (χ0) is 22.8. The molecule has 168 valence electrons. The first-order chi connectivity index (χ1) is 14.7. The van der Waals surface area contributed by atoms with E-state index in [0.717, 1.165) is 23.0 Å². The molecule has 0 spiro atoms. The molecule has 0 aromatic heterocycles. The van der Waals surface area contributed by atoms with E-state index in [2.05, 4.69) is 11.8 Å². The van der Waals surface area contributed by atoms with E-state index in [-0.39, 0.29) is 32.1 Å². The summed E-state index contributed by atoms with van der Waals surface area (Å²) in [5.41, 5.74) is 1.47. The van der Waals surface area contributed by atoms with Crippen molar-refractivity contribution in [3.63, 3.8) is 0 Å². The van der Waals surface area contributed by atoms with E-state index < -0.39 is 32.4 Å². The van der Waals surface area contributed by atoms with E-state index in [0.29, 0.717) is 17.7 Å². The Balaban J connectivity index is 1.68. The number of anilines is 1. The number of hydrogen-bond donors (Lipinski definition) is 0. The van der Waals surface area contributed by atoms with Gasteiger partial charge in [0.05, 0.1) is 0 Å². The maximum atomic E-state index is 14.0. The summed E-state index contributed by atoms with van der Waals surface area (Å²) in [5, 5.41) is 0. The van der Waals surface area contributed by atoms with Crippen LogP contribution in [0.2, 0.25) is 0 Å². The van der Waals surface area contributed by atoms with E-state index in [1.165, 1.54) is 4.90 Å². The predicted molar refractivity (Wildman–Crippen MR) is 111 cm³/mol. The molecule has 0 aliphatic carbocycles. The number of rotatable bonds is 6. The first-order valence-electron chi connectivity index (χ1n) is 9.91. The third-order valence-corrected chi connectivity index (χ3v) is 7.17. The Hall–Kier alpha value is -2.59. The molecule has 0 unspecified atom stereocenters. The van der Waals surface area contributed by atoms with Gasteiger partial charge in [0.1, 0.15) is 4.90 Å². The topological polar surface area (TPSA) is 60.9 Å². The lowest BCUT2D eigenvalue weighted by molar-refractivity contribution is 0.0697. The maximum Gasteiger partial charge on any atom is 0.253 e. The number of amides is 1. The van der Waals surface area contributed by atoms with Gasteiger partial charge in [0.15, 0.2) is 17.5 Å². The smallest absolute Gasteiger partial charge is 0.253 e. The average Bonchev–Trinajstić information content (AvgIpc) is 2.77. The van der Waals surface area contributed by atoms with Gasteiger partial charge in [-0.1, -0.05) is 6.92 Å². The number of carbonyl (C=O) groups is 1. The predicted octanol–water partition coefficient (Wildman–Crippen LogP) is 3.10. The average molecular weight is 456 g/mol. The lowest BCUT2D eigenvalue weighted by Gasteiger charge is -2.34. The summed E-state index contributed by atoms with van der Waals surface area (Å²) in [5.74, 6) is -5.27. The normalized spacial score (nSPS) is 15.2. The zero-order valence-electron chi connectivity index (χ0n) is 17.3. The van der Waals surface area contributed by atoms with E-state index in [1.807, 2.05) is 19.2 Å². The number of nitrogens with zero attached hydrogens (tertiary/aromatic N) is 3. The highest BCUT2D eigenvalue weighted by Crippen LogP contribution is 2.24. The van der Waals surface area contributed by atoms with Crippen molar-refractivity contribution in [1.29, 1.82) is 0 Å². The first kappa shape index (κ1) is 23.1. The minimum atomic E-state index is -4.36. The second-order valence-electron chi connectivity index (χ2n) is 7.34. The molecule has 0 saturated carbocycles. The molecule has 1 saturated heterocycles. The molecule has 0 radical (unpaired) electrons. The molecule has 1 fully saturated rings. The highest BCUT2D eigenvalue weighted by molar-refractivity contribution is 7.89. The Morgan fingerprint density at radius 2 is 1.58 bits per heavy atom. The fraction of sp³-hybridized carbons (Fsp3) is 0.381. The number of sulfonamides is 1. The van der Waals surface area contributed by atoms with Crippen LogP contribution in [-0.2, 0) is 10.0 Å². The summed E-state index contributed by atoms with van der Waals surface area (Å²) in [6.07, 6.45) is 0.999. The van der Waals surface area contributed by atoms with Gasteiger partial charge in [-0.15, -0.1) is 0 Å². The molecule has 1 amide bonds. The first-order valence-corrected chi connectivity index (χ1v) is 11.3. The summed E-state index contributed by atoms with van der Waals surface area (Å²) in [6, 6.07) is 8.45. The molecule has 1 aliphatic heterocycles. The van der Waals surface area contributed by atoms with Crippen LogP contribution in [0, 0.1) is 17.5 Å². The van der Waals surface area contributed by atoms with Crippen LogP contribution >= 0.6 is 0 Å². The zero-order valence-corrected chi connectivity index (χ0v) is 18.1. The van der Waals surface area contributed by atoms with E-state index in [9.17, 15) is 26.4 Å². The van der Waals surface area contributed by atoms with Crippen molar-refractivity contribution in [3.8, 4) is 0 Å². The molecule has 0 atom stereocenters. The van der Waals surface area contributed by atoms with E-state index >= 15 is 0 Å². The van der Waals surface area contributed by atoms with Gasteiger partial charge in [-0.2, -0.15) is 4.31 Å². The summed E-state index contributed by atoms with van der Waals surface area (Å²) in [4.78, 5) is 15.4. The minimum absolute atomic E-state index is 0.0795. The van der Waals surface area contributed by atoms with Crippen LogP contribution in [0.3, 0.4) is 0 Å². The Labute approximate surface area is 179 Å². The lowest BCUT2D eigenvalue weighted by atomic mass is 10.1. The number of benzene rings is 2. The molecule has 1 aliphatic rings. The number of piperazine rings is 1. The molecule has 2 aromatic carbocycles. The third kappa shape index (κ3) is 4.69. The van der Waals surface area contributed by atoms with Gasteiger partial charge in [-0.25, -0.2) is 21.6 Å². The molecule has 0 bridgehead atoms. The summed E-state index contributed by atoms with van der Waals surface area (Å²) >= 11 is 0. The van der Waals surface area contributed by atoms with Crippen LogP contribution in [0.4, 0.5) is 18.9 Å². The number of carbonyl (C=O) groups excluding carboxylic acids is 1. The van der Waals surface area contributed by atoms with Crippen LogP contribution in [0.15, 0.2) is 41.3 Å². The monoisotopic (exact) mass is 455 g/mol. The Morgan fingerprint density at radius 1 is 0.968 bits per heavy atom. The second kappa shape index (κ2) is 9.27. The van der Waals surface area contributed by atoms with Gasteiger partial charge >= 0.3 is 0 Å². The van der Waals surface area contributed by atoms with Crippen molar-refractivity contribution in [3.05, 3.63) is 59.4 Å². The molecule has 2 aromatic rings. The van der Waals surface area contributed by atoms with Crippen LogP contribution in [0.25, 0.3) is 0 Å². The van der Waals surface area contributed by atoms with E-state index in [4.69, 9.17) is 0 Å². The summed E-state index contributed by atoms with van der Waals surface area (Å²) in [6.45, 7) is 3.01. The lowest BCUT2D eigenvalue weighted by Crippen LogP contribution is -2.50. The minimum Gasteiger partial charge on any atom is -0.375 e. The Kier molecular flexibility index (Phi) is 6.90. The quantitative estimate of drug-likeness (QED) is 0.628. The van der Waals surface area contributed by atoms with Crippen LogP contribution in [0.5, 0.6) is 0 Å². The standard InChI is InChI=1S/C21H24F3N3O3S/c1-3-10-25(2)16-6-4-15(5-7-16)21(28)26-11-13-27(14-12-26)31(29,30)18-9-8-17(22)19(23)20(18)24/h4-9H,3,10-14H2,1-2H3. The van der Waals surface area contributed by atoms with Gasteiger partial charge in [0.2, 0.25) is 10.0 Å². The summed E-state index contributed by atoms with van der Waals surface area (Å²) in [7, 11) is -2.39. The van der Waals surface area contributed by atoms with E-state index in [1.54, 1.807) is 12.1 Å². The van der Waals surface area contributed by atoms with Gasteiger partial charge in [-0.05, 0) is 42.8 Å². The molecule has 10 heteroatoms. The van der Waals surface area contributed by atoms with Gasteiger partial charge in [-0.3, -0.25) is 4.79 Å². The maximum absolute atomic E-state index is 14.0. The van der Waals surface area contributed by atoms with Gasteiger partial charge < -0.3 is 9.80 Å². The van der Waals surface area contributed by atoms with Crippen molar-refractivity contribution >= 4 is 21.6 Å². The van der Waals surface area contributed by atoms with Gasteiger partial charge in [0, 0.05) is 51.0 Å². The molecular weight excluding hydrogens is 431 g/mol. The number of halogens is 3. The van der Waals surface area contributed by atoms with Crippen molar-refractivity contribution in [2.24, 2.45) is 0 Å². The number of hydrogen-bond acceptors (Lipinski definition) is 4. The van der Waals surface area contributed by atoms with Crippen LogP contribution < -0.4 is 4.90 Å². The van der Waals surface area contributed by atoms with Crippen molar-refractivity contribution in [2.75, 3.05) is 44.7 Å². The Morgan fingerprint density at radius 3 is 2.16 bits per heavy atom. The fourth-order valence-corrected chi connectivity index (χ4v) is 4.96. The van der Waals surface area contributed by atoms with Crippen molar-refractivity contribution in [2.45, 2.75) is 18.2 Å². The van der Waals surface area contributed by atoms with Crippen LogP contribution in [-0.4, -0.2) is 63.3 Å². The molecule has 31 heavy (non-hydrogen) atoms. The Bertz CT molecular complexity index is 1050. The largest absolute Gasteiger partial charge is 0.375 e. The molecule has 3 rings (SSSR count). The van der Waals surface area contributed by atoms with Crippen LogP contribution in [0.1, 0.15) is 23.7 Å². The van der Waals surface area contributed by atoms with Crippen molar-refractivity contribution < 1.29 is 26.4 Å². The van der Waals surface area contributed by atoms with Crippen molar-refractivity contribution in [1.82, 2.24) is 9.21 Å². The second-order valence-corrected chi connectivity index (χ2v) is 9.24. The highest BCUT2D eigenvalue weighted by Gasteiger charge is 2.33. The molecule has 1 heterocycles. The fourth-order valence-electron chi connectivity index (χ4n) is 3.48.